The van der Waals surface area contributed by atoms with Crippen LogP contribution in [0.15, 0.2) is 30.8 Å². The molecule has 0 aliphatic heterocycles. The maximum Gasteiger partial charge on any atom is 0.0376 e. The Morgan fingerprint density at radius 2 is 2.21 bits per heavy atom. The van der Waals surface area contributed by atoms with E-state index in [2.05, 4.69) is 44.7 Å². The lowest BCUT2D eigenvalue weighted by Gasteiger charge is -2.18. The van der Waals surface area contributed by atoms with Gasteiger partial charge in [-0.15, -0.1) is 11.6 Å². The van der Waals surface area contributed by atoms with Gasteiger partial charge in [-0.2, -0.15) is 0 Å². The van der Waals surface area contributed by atoms with Crippen LogP contribution in [0.5, 0.6) is 0 Å². The van der Waals surface area contributed by atoms with Gasteiger partial charge >= 0.3 is 0 Å². The summed E-state index contributed by atoms with van der Waals surface area (Å²) in [4.78, 5) is 0. The number of rotatable bonds is 4. The number of hydrogen-bond donors (Lipinski definition) is 0. The van der Waals surface area contributed by atoms with E-state index in [9.17, 15) is 0 Å². The van der Waals surface area contributed by atoms with Gasteiger partial charge in [0.2, 0.25) is 0 Å². The summed E-state index contributed by atoms with van der Waals surface area (Å²) in [7, 11) is 0. The van der Waals surface area contributed by atoms with Gasteiger partial charge in [0.05, 0.1) is 0 Å². The summed E-state index contributed by atoms with van der Waals surface area (Å²) >= 11 is 6.15. The zero-order valence-corrected chi connectivity index (χ0v) is 9.59. The monoisotopic (exact) mass is 208 g/mol. The van der Waals surface area contributed by atoms with Crippen LogP contribution < -0.4 is 0 Å². The van der Waals surface area contributed by atoms with Crippen molar-refractivity contribution in [2.24, 2.45) is 0 Å². The van der Waals surface area contributed by atoms with Crippen LogP contribution in [0.4, 0.5) is 0 Å². The minimum atomic E-state index is 0.181. The normalized spacial score (nSPS) is 14.8. The zero-order chi connectivity index (χ0) is 10.6. The fourth-order valence-electron chi connectivity index (χ4n) is 1.74. The van der Waals surface area contributed by atoms with Crippen molar-refractivity contribution in [3.05, 3.63) is 42.0 Å². The van der Waals surface area contributed by atoms with Crippen LogP contribution in [0.1, 0.15) is 37.3 Å². The van der Waals surface area contributed by atoms with Gasteiger partial charge in [-0.1, -0.05) is 43.8 Å². The lowest BCUT2D eigenvalue weighted by atomic mass is 9.92. The summed E-state index contributed by atoms with van der Waals surface area (Å²) in [6, 6.07) is 8.43. The molecule has 0 bridgehead atoms. The van der Waals surface area contributed by atoms with Gasteiger partial charge in [0.25, 0.3) is 0 Å². The second kappa shape index (κ2) is 5.21. The lowest BCUT2D eigenvalue weighted by Crippen LogP contribution is -2.08. The molecule has 14 heavy (non-hydrogen) atoms. The predicted octanol–water partition coefficient (Wildman–Crippen LogP) is 4.45. The third-order valence-corrected chi connectivity index (χ3v) is 2.87. The first-order valence-electron chi connectivity index (χ1n) is 5.05. The maximum absolute atomic E-state index is 6.15. The van der Waals surface area contributed by atoms with Gasteiger partial charge in [-0.3, -0.25) is 0 Å². The molecule has 0 saturated heterocycles. The first-order valence-corrected chi connectivity index (χ1v) is 5.49. The molecule has 1 rings (SSSR count). The van der Waals surface area contributed by atoms with Crippen LogP contribution >= 0.6 is 11.6 Å². The Morgan fingerprint density at radius 3 is 2.71 bits per heavy atom. The van der Waals surface area contributed by atoms with E-state index in [1.165, 1.54) is 11.1 Å². The molecule has 0 radical (unpaired) electrons. The third kappa shape index (κ3) is 2.62. The smallest absolute Gasteiger partial charge is 0.0376 e. The van der Waals surface area contributed by atoms with Crippen LogP contribution in [-0.4, -0.2) is 5.38 Å². The van der Waals surface area contributed by atoms with E-state index in [1.807, 2.05) is 6.08 Å². The Morgan fingerprint density at radius 1 is 1.50 bits per heavy atom. The summed E-state index contributed by atoms with van der Waals surface area (Å²) in [6.45, 7) is 7.99. The van der Waals surface area contributed by atoms with E-state index < -0.39 is 0 Å². The largest absolute Gasteiger partial charge is 0.123 e. The Hall–Kier alpha value is -0.750. The topological polar surface area (TPSA) is 0 Å². The molecule has 76 valence electrons. The second-order valence-electron chi connectivity index (χ2n) is 3.57. The fraction of sp³-hybridized carbons (Fsp3) is 0.385. The maximum atomic E-state index is 6.15. The van der Waals surface area contributed by atoms with E-state index in [1.54, 1.807) is 0 Å². The standard InChI is InChI=1S/C13H17Cl/c1-4-11-7-6-8-12(9-11)13(5-2)10(3)14/h4,6-10,13H,1,5H2,2-3H3. The molecule has 0 nitrogen and oxygen atoms in total. The molecule has 0 N–H and O–H groups in total. The molecular weight excluding hydrogens is 192 g/mol. The molecule has 0 aromatic heterocycles. The minimum Gasteiger partial charge on any atom is -0.123 e. The lowest BCUT2D eigenvalue weighted by molar-refractivity contribution is 0.649. The SMILES string of the molecule is C=Cc1cccc(C(CC)C(C)Cl)c1. The van der Waals surface area contributed by atoms with E-state index in [-0.39, 0.29) is 5.38 Å². The quantitative estimate of drug-likeness (QED) is 0.642. The molecular formula is C13H17Cl. The number of alkyl halides is 1. The Labute approximate surface area is 91.6 Å². The molecule has 0 aliphatic carbocycles. The van der Waals surface area contributed by atoms with Gasteiger partial charge in [0.15, 0.2) is 0 Å². The number of benzene rings is 1. The van der Waals surface area contributed by atoms with Crippen LogP contribution in [-0.2, 0) is 0 Å². The second-order valence-corrected chi connectivity index (χ2v) is 4.25. The van der Waals surface area contributed by atoms with Crippen LogP contribution in [0.3, 0.4) is 0 Å². The van der Waals surface area contributed by atoms with Crippen molar-refractivity contribution in [2.45, 2.75) is 31.6 Å². The van der Waals surface area contributed by atoms with Crippen molar-refractivity contribution < 1.29 is 0 Å². The summed E-state index contributed by atoms with van der Waals surface area (Å²) < 4.78 is 0. The zero-order valence-electron chi connectivity index (χ0n) is 8.83. The Balaban J connectivity index is 2.97. The van der Waals surface area contributed by atoms with E-state index >= 15 is 0 Å². The molecule has 0 fully saturated rings. The molecule has 1 aromatic rings. The van der Waals surface area contributed by atoms with E-state index in [0.29, 0.717) is 5.92 Å². The third-order valence-electron chi connectivity index (χ3n) is 2.57. The average Bonchev–Trinajstić information content (AvgIpc) is 2.19. The minimum absolute atomic E-state index is 0.181. The molecule has 0 amide bonds. The molecule has 0 saturated carbocycles. The number of hydrogen-bond acceptors (Lipinski definition) is 0. The van der Waals surface area contributed by atoms with Gasteiger partial charge in [0.1, 0.15) is 0 Å². The molecule has 0 heterocycles. The first-order chi connectivity index (χ1) is 6.69. The molecule has 2 atom stereocenters. The summed E-state index contributed by atoms with van der Waals surface area (Å²) in [5.41, 5.74) is 2.48. The molecule has 0 spiro atoms. The van der Waals surface area contributed by atoms with Crippen molar-refractivity contribution in [1.29, 1.82) is 0 Å². The first kappa shape index (κ1) is 11.3. The van der Waals surface area contributed by atoms with E-state index in [4.69, 9.17) is 11.6 Å². The van der Waals surface area contributed by atoms with Gasteiger partial charge < -0.3 is 0 Å². The Bertz CT molecular complexity index is 302. The average molecular weight is 209 g/mol. The molecule has 2 unspecified atom stereocenters. The van der Waals surface area contributed by atoms with Gasteiger partial charge in [-0.05, 0) is 30.4 Å². The highest BCUT2D eigenvalue weighted by Gasteiger charge is 2.14. The van der Waals surface area contributed by atoms with Crippen molar-refractivity contribution >= 4 is 17.7 Å². The van der Waals surface area contributed by atoms with Crippen molar-refractivity contribution in [1.82, 2.24) is 0 Å². The van der Waals surface area contributed by atoms with Crippen molar-refractivity contribution in [3.8, 4) is 0 Å². The molecule has 0 aliphatic rings. The summed E-state index contributed by atoms with van der Waals surface area (Å²) in [6.07, 6.45) is 2.94. The predicted molar refractivity (Wildman–Crippen MR) is 64.9 cm³/mol. The highest BCUT2D eigenvalue weighted by atomic mass is 35.5. The van der Waals surface area contributed by atoms with Gasteiger partial charge in [0, 0.05) is 5.38 Å². The van der Waals surface area contributed by atoms with Crippen LogP contribution in [0.25, 0.3) is 6.08 Å². The molecule has 1 aromatic carbocycles. The Kier molecular flexibility index (Phi) is 4.21. The van der Waals surface area contributed by atoms with Crippen LogP contribution in [0.2, 0.25) is 0 Å². The van der Waals surface area contributed by atoms with Crippen LogP contribution in [0, 0.1) is 0 Å². The van der Waals surface area contributed by atoms with Crippen molar-refractivity contribution in [3.63, 3.8) is 0 Å². The number of halogens is 1. The van der Waals surface area contributed by atoms with E-state index in [0.717, 1.165) is 6.42 Å². The summed E-state index contributed by atoms with van der Waals surface area (Å²) in [5, 5.41) is 0.181. The van der Waals surface area contributed by atoms with Gasteiger partial charge in [-0.25, -0.2) is 0 Å². The molecule has 1 heteroatoms. The fourth-order valence-corrected chi connectivity index (χ4v) is 2.07. The van der Waals surface area contributed by atoms with Crippen molar-refractivity contribution in [2.75, 3.05) is 0 Å². The highest BCUT2D eigenvalue weighted by Crippen LogP contribution is 2.27. The highest BCUT2D eigenvalue weighted by molar-refractivity contribution is 6.20. The summed E-state index contributed by atoms with van der Waals surface area (Å²) in [5.74, 6) is 0.441.